The van der Waals surface area contributed by atoms with Gasteiger partial charge in [-0.3, -0.25) is 9.69 Å². The Morgan fingerprint density at radius 1 is 1.00 bits per heavy atom. The first kappa shape index (κ1) is 21.4. The summed E-state index contributed by atoms with van der Waals surface area (Å²) < 4.78 is 38.1. The minimum atomic E-state index is -3.71. The van der Waals surface area contributed by atoms with Crippen molar-refractivity contribution in [1.29, 1.82) is 0 Å². The molecule has 1 aliphatic heterocycles. The summed E-state index contributed by atoms with van der Waals surface area (Å²) in [5, 5.41) is 2.95. The molecule has 0 aliphatic carbocycles. The molecule has 8 nitrogen and oxygen atoms in total. The number of carbonyl (C=O) groups is 1. The molecule has 0 unspecified atom stereocenters. The summed E-state index contributed by atoms with van der Waals surface area (Å²) in [5.74, 6) is 1.08. The van der Waals surface area contributed by atoms with Crippen molar-refractivity contribution in [3.63, 3.8) is 0 Å². The number of sulfonamides is 1. The SMILES string of the molecule is O=C(NC[C@H](c1ccco1)N1CCCC1)c1ccc(S(=O)(=O)NCc2ccco2)cc1. The van der Waals surface area contributed by atoms with E-state index in [1.54, 1.807) is 18.4 Å². The fourth-order valence-corrected chi connectivity index (χ4v) is 4.68. The quantitative estimate of drug-likeness (QED) is 0.527. The van der Waals surface area contributed by atoms with E-state index < -0.39 is 10.0 Å². The molecule has 4 rings (SSSR count). The molecule has 3 heterocycles. The third-order valence-corrected chi connectivity index (χ3v) is 6.77. The largest absolute Gasteiger partial charge is 0.468 e. The van der Waals surface area contributed by atoms with Gasteiger partial charge in [0, 0.05) is 12.1 Å². The molecule has 0 radical (unpaired) electrons. The number of hydrogen-bond donors (Lipinski definition) is 2. The predicted octanol–water partition coefficient (Wildman–Crippen LogP) is 2.92. The molecule has 9 heteroatoms. The topological polar surface area (TPSA) is 105 Å². The summed E-state index contributed by atoms with van der Waals surface area (Å²) in [7, 11) is -3.71. The highest BCUT2D eigenvalue weighted by Gasteiger charge is 2.26. The monoisotopic (exact) mass is 443 g/mol. The van der Waals surface area contributed by atoms with Gasteiger partial charge in [-0.05, 0) is 74.5 Å². The zero-order valence-corrected chi connectivity index (χ0v) is 17.8. The summed E-state index contributed by atoms with van der Waals surface area (Å²) in [4.78, 5) is 15.0. The first-order valence-electron chi connectivity index (χ1n) is 10.2. The van der Waals surface area contributed by atoms with Crippen LogP contribution < -0.4 is 10.0 Å². The second kappa shape index (κ2) is 9.51. The lowest BCUT2D eigenvalue weighted by Crippen LogP contribution is -2.36. The molecule has 0 saturated carbocycles. The van der Waals surface area contributed by atoms with Gasteiger partial charge in [0.25, 0.3) is 5.91 Å². The number of rotatable bonds is 9. The Morgan fingerprint density at radius 2 is 1.71 bits per heavy atom. The highest BCUT2D eigenvalue weighted by Crippen LogP contribution is 2.25. The van der Waals surface area contributed by atoms with Crippen molar-refractivity contribution in [2.75, 3.05) is 19.6 Å². The number of likely N-dealkylation sites (tertiary alicyclic amines) is 1. The van der Waals surface area contributed by atoms with Crippen molar-refractivity contribution < 1.29 is 22.0 Å². The van der Waals surface area contributed by atoms with Crippen LogP contribution in [0, 0.1) is 0 Å². The normalized spacial score (nSPS) is 15.7. The van der Waals surface area contributed by atoms with E-state index in [4.69, 9.17) is 8.83 Å². The van der Waals surface area contributed by atoms with Crippen LogP contribution in [0.5, 0.6) is 0 Å². The van der Waals surface area contributed by atoms with E-state index in [0.29, 0.717) is 17.9 Å². The number of nitrogens with zero attached hydrogens (tertiary/aromatic N) is 1. The Labute approximate surface area is 181 Å². The summed E-state index contributed by atoms with van der Waals surface area (Å²) in [6.07, 6.45) is 5.39. The van der Waals surface area contributed by atoms with Gasteiger partial charge in [0.15, 0.2) is 0 Å². The summed E-state index contributed by atoms with van der Waals surface area (Å²) in [5.41, 5.74) is 0.393. The van der Waals surface area contributed by atoms with Gasteiger partial charge in [-0.2, -0.15) is 0 Å². The number of furan rings is 2. The van der Waals surface area contributed by atoms with Gasteiger partial charge >= 0.3 is 0 Å². The Balaban J connectivity index is 1.37. The molecule has 1 aliphatic rings. The maximum atomic E-state index is 12.6. The molecule has 1 fully saturated rings. The minimum Gasteiger partial charge on any atom is -0.468 e. The zero-order valence-electron chi connectivity index (χ0n) is 17.0. The Bertz CT molecular complexity index is 1070. The van der Waals surface area contributed by atoms with Crippen molar-refractivity contribution in [2.24, 2.45) is 0 Å². The van der Waals surface area contributed by atoms with Crippen LogP contribution >= 0.6 is 0 Å². The first-order valence-corrected chi connectivity index (χ1v) is 11.7. The van der Waals surface area contributed by atoms with Gasteiger partial charge in [-0.25, -0.2) is 13.1 Å². The highest BCUT2D eigenvalue weighted by atomic mass is 32.2. The maximum absolute atomic E-state index is 12.6. The summed E-state index contributed by atoms with van der Waals surface area (Å²) >= 11 is 0. The predicted molar refractivity (Wildman–Crippen MR) is 114 cm³/mol. The molecular formula is C22H25N3O5S. The van der Waals surface area contributed by atoms with Crippen LogP contribution in [0.25, 0.3) is 0 Å². The zero-order chi connectivity index (χ0) is 21.7. The van der Waals surface area contributed by atoms with Gasteiger partial charge in [0.05, 0.1) is 30.0 Å². The summed E-state index contributed by atoms with van der Waals surface area (Å²) in [6, 6.07) is 13.0. The molecule has 1 amide bonds. The lowest BCUT2D eigenvalue weighted by Gasteiger charge is -2.26. The summed E-state index contributed by atoms with van der Waals surface area (Å²) in [6.45, 7) is 2.41. The average Bonchev–Trinajstić information content (AvgIpc) is 3.56. The van der Waals surface area contributed by atoms with E-state index in [0.717, 1.165) is 31.7 Å². The number of hydrogen-bond acceptors (Lipinski definition) is 6. The Hall–Kier alpha value is -2.88. The van der Waals surface area contributed by atoms with Crippen LogP contribution in [-0.2, 0) is 16.6 Å². The van der Waals surface area contributed by atoms with Gasteiger partial charge in [0.2, 0.25) is 10.0 Å². The standard InChI is InChI=1S/C22H25N3O5S/c26-22(23-16-20(21-6-4-14-30-21)25-11-1-2-12-25)17-7-9-19(10-8-17)31(27,28)24-15-18-5-3-13-29-18/h3-10,13-14,20,24H,1-2,11-12,15-16H2,(H,23,26)/t20-/m1/s1. The molecule has 31 heavy (non-hydrogen) atoms. The van der Waals surface area contributed by atoms with Gasteiger partial charge in [-0.1, -0.05) is 0 Å². The molecule has 3 aromatic rings. The average molecular weight is 444 g/mol. The Kier molecular flexibility index (Phi) is 6.55. The van der Waals surface area contributed by atoms with Crippen molar-refractivity contribution in [3.8, 4) is 0 Å². The van der Waals surface area contributed by atoms with Crippen LogP contribution in [0.15, 0.2) is 74.8 Å². The van der Waals surface area contributed by atoms with Crippen LogP contribution in [0.3, 0.4) is 0 Å². The number of carbonyl (C=O) groups excluding carboxylic acids is 1. The lowest BCUT2D eigenvalue weighted by atomic mass is 10.1. The van der Waals surface area contributed by atoms with E-state index >= 15 is 0 Å². The van der Waals surface area contributed by atoms with Crippen LogP contribution in [-0.4, -0.2) is 38.9 Å². The molecule has 164 valence electrons. The van der Waals surface area contributed by atoms with Gasteiger partial charge in [-0.15, -0.1) is 0 Å². The van der Waals surface area contributed by atoms with E-state index in [-0.39, 0.29) is 23.4 Å². The molecule has 1 atom stereocenters. The first-order chi connectivity index (χ1) is 15.0. The van der Waals surface area contributed by atoms with Crippen molar-refractivity contribution in [1.82, 2.24) is 14.9 Å². The second-order valence-electron chi connectivity index (χ2n) is 7.41. The Morgan fingerprint density at radius 3 is 2.35 bits per heavy atom. The van der Waals surface area contributed by atoms with E-state index in [1.165, 1.54) is 30.5 Å². The van der Waals surface area contributed by atoms with E-state index in [9.17, 15) is 13.2 Å². The lowest BCUT2D eigenvalue weighted by molar-refractivity contribution is 0.0933. The van der Waals surface area contributed by atoms with Crippen LogP contribution in [0.4, 0.5) is 0 Å². The number of nitrogens with one attached hydrogen (secondary N) is 2. The molecule has 1 saturated heterocycles. The third kappa shape index (κ3) is 5.25. The van der Waals surface area contributed by atoms with E-state index in [2.05, 4.69) is 14.9 Å². The smallest absolute Gasteiger partial charge is 0.251 e. The third-order valence-electron chi connectivity index (χ3n) is 5.35. The van der Waals surface area contributed by atoms with Crippen LogP contribution in [0.1, 0.15) is 40.8 Å². The van der Waals surface area contributed by atoms with E-state index in [1.807, 2.05) is 12.1 Å². The van der Waals surface area contributed by atoms with Gasteiger partial charge in [0.1, 0.15) is 11.5 Å². The van der Waals surface area contributed by atoms with Crippen molar-refractivity contribution >= 4 is 15.9 Å². The molecule has 0 spiro atoms. The fourth-order valence-electron chi connectivity index (χ4n) is 3.68. The number of benzene rings is 1. The fraction of sp³-hybridized carbons (Fsp3) is 0.318. The molecule has 2 aromatic heterocycles. The highest BCUT2D eigenvalue weighted by molar-refractivity contribution is 7.89. The van der Waals surface area contributed by atoms with Gasteiger partial charge < -0.3 is 14.2 Å². The van der Waals surface area contributed by atoms with Crippen molar-refractivity contribution in [2.45, 2.75) is 30.3 Å². The molecular weight excluding hydrogens is 418 g/mol. The molecule has 0 bridgehead atoms. The second-order valence-corrected chi connectivity index (χ2v) is 9.18. The number of amides is 1. The molecule has 1 aromatic carbocycles. The molecule has 2 N–H and O–H groups in total. The minimum absolute atomic E-state index is 0.0214. The van der Waals surface area contributed by atoms with Crippen molar-refractivity contribution in [3.05, 3.63) is 78.1 Å². The maximum Gasteiger partial charge on any atom is 0.251 e. The van der Waals surface area contributed by atoms with Crippen LogP contribution in [0.2, 0.25) is 0 Å².